The summed E-state index contributed by atoms with van der Waals surface area (Å²) in [5.41, 5.74) is 1.32. The maximum Gasteiger partial charge on any atom is 0.276 e. The van der Waals surface area contributed by atoms with Crippen LogP contribution in [0.1, 0.15) is 27.8 Å². The molecule has 1 aliphatic heterocycles. The number of rotatable bonds is 1. The van der Waals surface area contributed by atoms with Crippen molar-refractivity contribution in [2.45, 2.75) is 13.2 Å². The van der Waals surface area contributed by atoms with Crippen LogP contribution in [0, 0.1) is 6.92 Å². The highest BCUT2D eigenvalue weighted by Gasteiger charge is 2.37. The van der Waals surface area contributed by atoms with Gasteiger partial charge in [-0.3, -0.25) is 4.79 Å². The molecule has 0 aliphatic carbocycles. The summed E-state index contributed by atoms with van der Waals surface area (Å²) in [6.07, 6.45) is -0.961. The molecule has 2 rings (SSSR count). The van der Waals surface area contributed by atoms with E-state index in [1.807, 2.05) is 0 Å². The zero-order valence-corrected chi connectivity index (χ0v) is 8.68. The number of aromatic nitrogens is 2. The van der Waals surface area contributed by atoms with Crippen molar-refractivity contribution >= 4 is 5.91 Å². The molecule has 1 aromatic rings. The number of hydrogen-bond acceptors (Lipinski definition) is 5. The van der Waals surface area contributed by atoms with Gasteiger partial charge in [0.15, 0.2) is 11.9 Å². The SMILES string of the molecule is COc1nnc2c(c1C)C(O)N(C)C2=O. The molecule has 1 aromatic heterocycles. The van der Waals surface area contributed by atoms with E-state index in [0.717, 1.165) is 0 Å². The fourth-order valence-corrected chi connectivity index (χ4v) is 1.66. The Morgan fingerprint density at radius 2 is 2.13 bits per heavy atom. The molecule has 15 heavy (non-hydrogen) atoms. The van der Waals surface area contributed by atoms with E-state index in [-0.39, 0.29) is 11.6 Å². The van der Waals surface area contributed by atoms with Crippen LogP contribution in [0.5, 0.6) is 5.88 Å². The minimum atomic E-state index is -0.961. The zero-order chi connectivity index (χ0) is 11.2. The third kappa shape index (κ3) is 1.18. The minimum absolute atomic E-state index is 0.198. The van der Waals surface area contributed by atoms with Crippen LogP contribution in [0.4, 0.5) is 0 Å². The Morgan fingerprint density at radius 1 is 1.47 bits per heavy atom. The summed E-state index contributed by atoms with van der Waals surface area (Å²) in [6, 6.07) is 0. The second-order valence-corrected chi connectivity index (χ2v) is 3.39. The van der Waals surface area contributed by atoms with Gasteiger partial charge in [-0.05, 0) is 6.92 Å². The molecule has 0 spiro atoms. The number of amides is 1. The number of aliphatic hydroxyl groups excluding tert-OH is 1. The van der Waals surface area contributed by atoms with Crippen molar-refractivity contribution in [3.05, 3.63) is 16.8 Å². The van der Waals surface area contributed by atoms with Crippen LogP contribution >= 0.6 is 0 Å². The molecule has 6 heteroatoms. The predicted molar refractivity (Wildman–Crippen MR) is 50.4 cm³/mol. The number of fused-ring (bicyclic) bond motifs is 1. The number of methoxy groups -OCH3 is 1. The molecule has 0 bridgehead atoms. The monoisotopic (exact) mass is 209 g/mol. The van der Waals surface area contributed by atoms with Gasteiger partial charge in [0.05, 0.1) is 7.11 Å². The molecule has 0 saturated carbocycles. The van der Waals surface area contributed by atoms with Gasteiger partial charge in [0.25, 0.3) is 5.91 Å². The number of carbonyl (C=O) groups is 1. The second-order valence-electron chi connectivity index (χ2n) is 3.39. The molecule has 0 saturated heterocycles. The van der Waals surface area contributed by atoms with E-state index in [1.165, 1.54) is 19.1 Å². The number of ether oxygens (including phenoxy) is 1. The molecule has 6 nitrogen and oxygen atoms in total. The van der Waals surface area contributed by atoms with Crippen molar-refractivity contribution in [3.8, 4) is 5.88 Å². The van der Waals surface area contributed by atoms with Crippen molar-refractivity contribution in [1.82, 2.24) is 15.1 Å². The van der Waals surface area contributed by atoms with Crippen LogP contribution in [-0.4, -0.2) is 40.3 Å². The van der Waals surface area contributed by atoms with Crippen molar-refractivity contribution < 1.29 is 14.6 Å². The van der Waals surface area contributed by atoms with E-state index in [4.69, 9.17) is 4.74 Å². The van der Waals surface area contributed by atoms with Gasteiger partial charge in [-0.2, -0.15) is 0 Å². The second kappa shape index (κ2) is 3.16. The highest BCUT2D eigenvalue weighted by Crippen LogP contribution is 2.33. The molecule has 1 unspecified atom stereocenters. The van der Waals surface area contributed by atoms with Crippen molar-refractivity contribution in [3.63, 3.8) is 0 Å². The first kappa shape index (κ1) is 9.85. The van der Waals surface area contributed by atoms with Gasteiger partial charge < -0.3 is 14.7 Å². The van der Waals surface area contributed by atoms with Gasteiger partial charge in [-0.1, -0.05) is 0 Å². The molecule has 1 N–H and O–H groups in total. The zero-order valence-electron chi connectivity index (χ0n) is 8.68. The lowest BCUT2D eigenvalue weighted by Gasteiger charge is -2.14. The molecule has 1 aliphatic rings. The Bertz CT molecular complexity index is 433. The third-order valence-corrected chi connectivity index (χ3v) is 2.56. The Hall–Kier alpha value is -1.69. The molecule has 80 valence electrons. The standard InChI is InChI=1S/C9H11N3O3/c1-4-5-6(10-11-7(4)15-3)9(14)12(2)8(5)13/h8,13H,1-3H3. The van der Waals surface area contributed by atoms with E-state index < -0.39 is 6.23 Å². The maximum absolute atomic E-state index is 11.6. The number of nitrogens with zero attached hydrogens (tertiary/aromatic N) is 3. The normalized spacial score (nSPS) is 19.3. The number of carbonyl (C=O) groups excluding carboxylic acids is 1. The van der Waals surface area contributed by atoms with Gasteiger partial charge in [0.2, 0.25) is 5.88 Å². The summed E-state index contributed by atoms with van der Waals surface area (Å²) in [5, 5.41) is 17.3. The smallest absolute Gasteiger partial charge is 0.276 e. The topological polar surface area (TPSA) is 75.6 Å². The van der Waals surface area contributed by atoms with Crippen LogP contribution in [0.2, 0.25) is 0 Å². The molecule has 0 fully saturated rings. The average Bonchev–Trinajstić information content (AvgIpc) is 2.45. The van der Waals surface area contributed by atoms with E-state index in [0.29, 0.717) is 17.0 Å². The van der Waals surface area contributed by atoms with Crippen LogP contribution in [0.3, 0.4) is 0 Å². The lowest BCUT2D eigenvalue weighted by molar-refractivity contribution is 0.0298. The predicted octanol–water partition coefficient (Wildman–Crippen LogP) is -0.130. The first-order chi connectivity index (χ1) is 7.07. The molecule has 1 atom stereocenters. The lowest BCUT2D eigenvalue weighted by atomic mass is 10.1. The van der Waals surface area contributed by atoms with Gasteiger partial charge in [0.1, 0.15) is 0 Å². The molecule has 2 heterocycles. The summed E-state index contributed by atoms with van der Waals surface area (Å²) in [7, 11) is 2.98. The van der Waals surface area contributed by atoms with Gasteiger partial charge in [-0.15, -0.1) is 10.2 Å². The van der Waals surface area contributed by atoms with Crippen LogP contribution in [0.25, 0.3) is 0 Å². The Kier molecular flexibility index (Phi) is 2.08. The van der Waals surface area contributed by atoms with Gasteiger partial charge in [0, 0.05) is 18.2 Å². The largest absolute Gasteiger partial charge is 0.480 e. The van der Waals surface area contributed by atoms with Gasteiger partial charge in [-0.25, -0.2) is 0 Å². The summed E-state index contributed by atoms with van der Waals surface area (Å²) in [4.78, 5) is 12.8. The van der Waals surface area contributed by atoms with Crippen molar-refractivity contribution in [2.75, 3.05) is 14.2 Å². The number of hydrogen-bond donors (Lipinski definition) is 1. The third-order valence-electron chi connectivity index (χ3n) is 2.56. The van der Waals surface area contributed by atoms with E-state index in [1.54, 1.807) is 6.92 Å². The molecule has 1 amide bonds. The van der Waals surface area contributed by atoms with E-state index in [2.05, 4.69) is 10.2 Å². The first-order valence-corrected chi connectivity index (χ1v) is 4.44. The first-order valence-electron chi connectivity index (χ1n) is 4.44. The van der Waals surface area contributed by atoms with Crippen molar-refractivity contribution in [2.24, 2.45) is 0 Å². The molecular formula is C9H11N3O3. The Morgan fingerprint density at radius 3 is 2.73 bits per heavy atom. The van der Waals surface area contributed by atoms with Gasteiger partial charge >= 0.3 is 0 Å². The molecular weight excluding hydrogens is 198 g/mol. The van der Waals surface area contributed by atoms with Crippen LogP contribution < -0.4 is 4.74 Å². The number of aliphatic hydroxyl groups is 1. The average molecular weight is 209 g/mol. The summed E-state index contributed by atoms with van der Waals surface area (Å²) in [5.74, 6) is 0.00616. The fraction of sp³-hybridized carbons (Fsp3) is 0.444. The quantitative estimate of drug-likeness (QED) is 0.697. The highest BCUT2D eigenvalue weighted by atomic mass is 16.5. The fourth-order valence-electron chi connectivity index (χ4n) is 1.66. The Labute approximate surface area is 86.5 Å². The minimum Gasteiger partial charge on any atom is -0.480 e. The van der Waals surface area contributed by atoms with E-state index in [9.17, 15) is 9.90 Å². The summed E-state index contributed by atoms with van der Waals surface area (Å²) in [6.45, 7) is 1.74. The van der Waals surface area contributed by atoms with Crippen LogP contribution in [0.15, 0.2) is 0 Å². The highest BCUT2D eigenvalue weighted by molar-refractivity contribution is 5.97. The maximum atomic E-state index is 11.6. The van der Waals surface area contributed by atoms with Crippen LogP contribution in [-0.2, 0) is 0 Å². The summed E-state index contributed by atoms with van der Waals surface area (Å²) < 4.78 is 4.97. The van der Waals surface area contributed by atoms with E-state index >= 15 is 0 Å². The Balaban J connectivity index is 2.65. The summed E-state index contributed by atoms with van der Waals surface area (Å²) >= 11 is 0. The lowest BCUT2D eigenvalue weighted by Crippen LogP contribution is -2.22. The van der Waals surface area contributed by atoms with Crippen molar-refractivity contribution in [1.29, 1.82) is 0 Å². The molecule has 0 radical (unpaired) electrons. The molecule has 0 aromatic carbocycles.